The normalized spacial score (nSPS) is 12.7. The maximum absolute atomic E-state index is 13.9. The summed E-state index contributed by atoms with van der Waals surface area (Å²) in [6.45, 7) is 1.90. The van der Waals surface area contributed by atoms with Gasteiger partial charge < -0.3 is 10.3 Å². The fourth-order valence-corrected chi connectivity index (χ4v) is 2.33. The number of pyridine rings is 1. The number of anilines is 1. The average molecular weight is 256 g/mol. The Bertz CT molecular complexity index is 735. The Morgan fingerprint density at radius 2 is 2.05 bits per heavy atom. The Hall–Kier alpha value is -2.43. The molecule has 3 aromatic rings. The van der Waals surface area contributed by atoms with E-state index in [0.717, 1.165) is 5.52 Å². The molecule has 3 rings (SSSR count). The van der Waals surface area contributed by atoms with Gasteiger partial charge in [-0.15, -0.1) is 0 Å². The van der Waals surface area contributed by atoms with Crippen molar-refractivity contribution in [2.45, 2.75) is 13.0 Å². The molecule has 0 radical (unpaired) electrons. The van der Waals surface area contributed by atoms with Crippen molar-refractivity contribution in [3.8, 4) is 0 Å². The van der Waals surface area contributed by atoms with Gasteiger partial charge in [-0.1, -0.05) is 18.2 Å². The largest absolute Gasteiger partial charge is 0.369 e. The number of nitrogens with zero attached hydrogens (tertiary/aromatic N) is 3. The van der Waals surface area contributed by atoms with Crippen LogP contribution in [0.25, 0.3) is 11.0 Å². The summed E-state index contributed by atoms with van der Waals surface area (Å²) in [5.41, 5.74) is 8.09. The van der Waals surface area contributed by atoms with Gasteiger partial charge in [-0.05, 0) is 19.1 Å². The molecule has 4 nitrogen and oxygen atoms in total. The highest BCUT2D eigenvalue weighted by molar-refractivity contribution is 5.77. The highest BCUT2D eigenvalue weighted by Crippen LogP contribution is 2.27. The van der Waals surface area contributed by atoms with E-state index in [1.807, 2.05) is 23.6 Å². The number of aromatic nitrogens is 3. The maximum atomic E-state index is 13.9. The molecule has 0 saturated heterocycles. The lowest BCUT2D eigenvalue weighted by molar-refractivity contribution is 0.567. The summed E-state index contributed by atoms with van der Waals surface area (Å²) in [5.74, 6) is 0.115. The van der Waals surface area contributed by atoms with Crippen molar-refractivity contribution in [3.63, 3.8) is 0 Å². The molecule has 19 heavy (non-hydrogen) atoms. The first-order valence-electron chi connectivity index (χ1n) is 6.00. The minimum atomic E-state index is -0.245. The molecule has 0 spiro atoms. The van der Waals surface area contributed by atoms with Crippen LogP contribution in [0, 0.1) is 5.82 Å². The van der Waals surface area contributed by atoms with Gasteiger partial charge in [-0.25, -0.2) is 9.37 Å². The van der Waals surface area contributed by atoms with E-state index in [1.165, 1.54) is 6.07 Å². The summed E-state index contributed by atoms with van der Waals surface area (Å²) < 4.78 is 15.7. The fraction of sp³-hybridized carbons (Fsp3) is 0.143. The third-order valence-electron chi connectivity index (χ3n) is 3.26. The maximum Gasteiger partial charge on any atom is 0.201 e. The van der Waals surface area contributed by atoms with Crippen molar-refractivity contribution >= 4 is 17.0 Å². The van der Waals surface area contributed by atoms with E-state index in [1.54, 1.807) is 24.5 Å². The molecule has 1 unspecified atom stereocenters. The summed E-state index contributed by atoms with van der Waals surface area (Å²) in [7, 11) is 0. The van der Waals surface area contributed by atoms with Gasteiger partial charge in [0.1, 0.15) is 11.3 Å². The van der Waals surface area contributed by atoms with Gasteiger partial charge in [0.2, 0.25) is 5.95 Å². The number of hydrogen-bond donors (Lipinski definition) is 1. The van der Waals surface area contributed by atoms with Crippen molar-refractivity contribution in [1.29, 1.82) is 0 Å². The molecule has 0 saturated carbocycles. The van der Waals surface area contributed by atoms with E-state index in [0.29, 0.717) is 17.0 Å². The summed E-state index contributed by atoms with van der Waals surface area (Å²) in [5, 5.41) is 0. The second kappa shape index (κ2) is 4.35. The predicted octanol–water partition coefficient (Wildman–Crippen LogP) is 2.76. The lowest BCUT2D eigenvalue weighted by atomic mass is 10.1. The molecule has 2 aromatic heterocycles. The smallest absolute Gasteiger partial charge is 0.201 e. The number of halogens is 1. The summed E-state index contributed by atoms with van der Waals surface area (Å²) >= 11 is 0. The van der Waals surface area contributed by atoms with Crippen LogP contribution in [0.5, 0.6) is 0 Å². The van der Waals surface area contributed by atoms with E-state index in [-0.39, 0.29) is 11.9 Å². The molecular formula is C14H13FN4. The van der Waals surface area contributed by atoms with E-state index in [2.05, 4.69) is 9.97 Å². The molecule has 1 aromatic carbocycles. The fourth-order valence-electron chi connectivity index (χ4n) is 2.33. The predicted molar refractivity (Wildman–Crippen MR) is 72.2 cm³/mol. The molecule has 0 aliphatic rings. The summed E-state index contributed by atoms with van der Waals surface area (Å²) in [6, 6.07) is 8.29. The third kappa shape index (κ3) is 1.83. The monoisotopic (exact) mass is 256 g/mol. The Kier molecular flexibility index (Phi) is 2.67. The zero-order valence-corrected chi connectivity index (χ0v) is 10.4. The van der Waals surface area contributed by atoms with Crippen LogP contribution in [0.4, 0.5) is 10.3 Å². The Morgan fingerprint density at radius 3 is 2.84 bits per heavy atom. The molecule has 0 fully saturated rings. The van der Waals surface area contributed by atoms with Crippen LogP contribution in [0.2, 0.25) is 0 Å². The SMILES string of the molecule is CC(c1ccccc1F)n1c(N)nc2cnccc21. The van der Waals surface area contributed by atoms with Gasteiger partial charge in [0.15, 0.2) is 0 Å². The Balaban J connectivity index is 2.19. The first-order chi connectivity index (χ1) is 9.18. The van der Waals surface area contributed by atoms with Crippen molar-refractivity contribution < 1.29 is 4.39 Å². The van der Waals surface area contributed by atoms with Gasteiger partial charge >= 0.3 is 0 Å². The van der Waals surface area contributed by atoms with Crippen LogP contribution in [0.1, 0.15) is 18.5 Å². The van der Waals surface area contributed by atoms with Crippen LogP contribution >= 0.6 is 0 Å². The minimum Gasteiger partial charge on any atom is -0.369 e. The molecule has 2 heterocycles. The molecular weight excluding hydrogens is 243 g/mol. The highest BCUT2D eigenvalue weighted by Gasteiger charge is 2.17. The Labute approximate surface area is 109 Å². The third-order valence-corrected chi connectivity index (χ3v) is 3.26. The lowest BCUT2D eigenvalue weighted by Crippen LogP contribution is -2.11. The van der Waals surface area contributed by atoms with Gasteiger partial charge in [0.05, 0.1) is 17.8 Å². The van der Waals surface area contributed by atoms with Gasteiger partial charge in [0.25, 0.3) is 0 Å². The van der Waals surface area contributed by atoms with Crippen LogP contribution in [-0.2, 0) is 0 Å². The van der Waals surface area contributed by atoms with Crippen LogP contribution in [0.15, 0.2) is 42.7 Å². The molecule has 0 amide bonds. The highest BCUT2D eigenvalue weighted by atomic mass is 19.1. The van der Waals surface area contributed by atoms with Crippen molar-refractivity contribution in [3.05, 3.63) is 54.1 Å². The lowest BCUT2D eigenvalue weighted by Gasteiger charge is -2.17. The number of rotatable bonds is 2. The molecule has 0 bridgehead atoms. The first-order valence-corrected chi connectivity index (χ1v) is 6.00. The molecule has 1 atom stereocenters. The number of benzene rings is 1. The molecule has 2 N–H and O–H groups in total. The number of fused-ring (bicyclic) bond motifs is 1. The number of nitrogen functional groups attached to an aromatic ring is 1. The van der Waals surface area contributed by atoms with E-state index in [4.69, 9.17) is 5.73 Å². The standard InChI is InChI=1S/C14H13FN4/c1-9(10-4-2-3-5-11(10)15)19-13-6-7-17-8-12(13)18-14(19)16/h2-9H,1H3,(H2,16,18). The second-order valence-electron chi connectivity index (χ2n) is 4.40. The van der Waals surface area contributed by atoms with E-state index in [9.17, 15) is 4.39 Å². The molecule has 0 aliphatic carbocycles. The van der Waals surface area contributed by atoms with Crippen LogP contribution in [-0.4, -0.2) is 14.5 Å². The summed E-state index contributed by atoms with van der Waals surface area (Å²) in [4.78, 5) is 8.26. The quantitative estimate of drug-likeness (QED) is 0.767. The van der Waals surface area contributed by atoms with Gasteiger partial charge in [-0.3, -0.25) is 4.98 Å². The van der Waals surface area contributed by atoms with Crippen LogP contribution < -0.4 is 5.73 Å². The zero-order chi connectivity index (χ0) is 13.4. The zero-order valence-electron chi connectivity index (χ0n) is 10.4. The second-order valence-corrected chi connectivity index (χ2v) is 4.40. The molecule has 96 valence electrons. The van der Waals surface area contributed by atoms with Crippen LogP contribution in [0.3, 0.4) is 0 Å². The minimum absolute atomic E-state index is 0.228. The first kappa shape index (κ1) is 11.6. The number of hydrogen-bond acceptors (Lipinski definition) is 3. The van der Waals surface area contributed by atoms with Gasteiger partial charge in [-0.2, -0.15) is 0 Å². The van der Waals surface area contributed by atoms with Crippen molar-refractivity contribution in [2.75, 3.05) is 5.73 Å². The number of imidazole rings is 1. The molecule has 5 heteroatoms. The van der Waals surface area contributed by atoms with E-state index >= 15 is 0 Å². The number of nitrogens with two attached hydrogens (primary N) is 1. The van der Waals surface area contributed by atoms with Gasteiger partial charge in [0, 0.05) is 11.8 Å². The van der Waals surface area contributed by atoms with Crippen molar-refractivity contribution in [2.24, 2.45) is 0 Å². The van der Waals surface area contributed by atoms with E-state index < -0.39 is 0 Å². The molecule has 0 aliphatic heterocycles. The summed E-state index contributed by atoms with van der Waals surface area (Å²) in [6.07, 6.45) is 3.32. The Morgan fingerprint density at radius 1 is 1.26 bits per heavy atom. The topological polar surface area (TPSA) is 56.7 Å². The average Bonchev–Trinajstić information content (AvgIpc) is 2.74. The van der Waals surface area contributed by atoms with Crippen molar-refractivity contribution in [1.82, 2.24) is 14.5 Å².